The van der Waals surface area contributed by atoms with Crippen LogP contribution < -0.4 is 5.73 Å². The molecule has 0 aliphatic carbocycles. The van der Waals surface area contributed by atoms with E-state index < -0.39 is 0 Å². The maximum absolute atomic E-state index is 6.02. The van der Waals surface area contributed by atoms with Gasteiger partial charge in [0.2, 0.25) is 0 Å². The van der Waals surface area contributed by atoms with E-state index in [0.717, 1.165) is 52.1 Å². The molecule has 0 amide bonds. The van der Waals surface area contributed by atoms with Crippen molar-refractivity contribution in [3.05, 3.63) is 0 Å². The lowest BCUT2D eigenvalue weighted by atomic mass is 9.90. The van der Waals surface area contributed by atoms with E-state index in [1.807, 2.05) is 0 Å². The van der Waals surface area contributed by atoms with Crippen LogP contribution in [0.3, 0.4) is 0 Å². The summed E-state index contributed by atoms with van der Waals surface area (Å²) in [7, 11) is 0. The Kier molecular flexibility index (Phi) is 8.83. The van der Waals surface area contributed by atoms with Gasteiger partial charge in [-0.3, -0.25) is 4.90 Å². The molecule has 0 unspecified atom stereocenters. The van der Waals surface area contributed by atoms with Gasteiger partial charge in [0.05, 0.1) is 0 Å². The van der Waals surface area contributed by atoms with Crippen LogP contribution in [0, 0.1) is 0 Å². The molecule has 0 radical (unpaired) electrons. The average Bonchev–Trinajstić information content (AvgIpc) is 2.39. The van der Waals surface area contributed by atoms with Crippen LogP contribution in [-0.2, 0) is 0 Å². The molecule has 0 aromatic heterocycles. The maximum atomic E-state index is 6.02. The van der Waals surface area contributed by atoms with E-state index in [1.165, 1.54) is 0 Å². The van der Waals surface area contributed by atoms with E-state index in [1.54, 1.807) is 0 Å². The van der Waals surface area contributed by atoms with Crippen molar-refractivity contribution < 1.29 is 0 Å². The largest absolute Gasteiger partial charge is 0.329 e. The van der Waals surface area contributed by atoms with Gasteiger partial charge >= 0.3 is 0 Å². The summed E-state index contributed by atoms with van der Waals surface area (Å²) < 4.78 is 0. The highest BCUT2D eigenvalue weighted by atomic mass is 15.2. The molecular formula is C14H33N3. The first-order valence-electron chi connectivity index (χ1n) is 7.31. The molecule has 104 valence electrons. The Balaban J connectivity index is 4.48. The van der Waals surface area contributed by atoms with Crippen LogP contribution >= 0.6 is 0 Å². The Morgan fingerprint density at radius 1 is 0.824 bits per heavy atom. The highest BCUT2D eigenvalue weighted by Crippen LogP contribution is 2.22. The normalized spacial score (nSPS) is 12.7. The molecule has 0 rings (SSSR count). The van der Waals surface area contributed by atoms with Gasteiger partial charge in [-0.2, -0.15) is 0 Å². The molecule has 2 N–H and O–H groups in total. The summed E-state index contributed by atoms with van der Waals surface area (Å²) in [6.07, 6.45) is 2.29. The van der Waals surface area contributed by atoms with Gasteiger partial charge in [0.15, 0.2) is 0 Å². The van der Waals surface area contributed by atoms with Crippen molar-refractivity contribution in [1.82, 2.24) is 9.80 Å². The molecule has 0 aromatic rings. The Bertz CT molecular complexity index is 166. The Morgan fingerprint density at radius 3 is 1.65 bits per heavy atom. The third-order valence-corrected chi connectivity index (χ3v) is 4.33. The molecule has 17 heavy (non-hydrogen) atoms. The van der Waals surface area contributed by atoms with Gasteiger partial charge in [-0.25, -0.2) is 0 Å². The van der Waals surface area contributed by atoms with Crippen molar-refractivity contribution in [2.24, 2.45) is 5.73 Å². The van der Waals surface area contributed by atoms with Gasteiger partial charge < -0.3 is 10.6 Å². The molecule has 0 saturated carbocycles. The van der Waals surface area contributed by atoms with Crippen LogP contribution in [0.2, 0.25) is 0 Å². The Labute approximate surface area is 108 Å². The number of nitrogens with zero attached hydrogens (tertiary/aromatic N) is 2. The van der Waals surface area contributed by atoms with Crippen LogP contribution in [0.4, 0.5) is 0 Å². The first-order valence-corrected chi connectivity index (χ1v) is 7.31. The van der Waals surface area contributed by atoms with Gasteiger partial charge in [0, 0.05) is 25.2 Å². The lowest BCUT2D eigenvalue weighted by Crippen LogP contribution is -2.55. The second kappa shape index (κ2) is 8.90. The third-order valence-electron chi connectivity index (χ3n) is 4.33. The second-order valence-electron chi connectivity index (χ2n) is 4.74. The summed E-state index contributed by atoms with van der Waals surface area (Å²) in [6.45, 7) is 17.7. The lowest BCUT2D eigenvalue weighted by Gasteiger charge is -2.42. The van der Waals surface area contributed by atoms with Crippen molar-refractivity contribution in [2.45, 2.75) is 53.0 Å². The number of nitrogens with two attached hydrogens (primary N) is 1. The number of hydrogen-bond donors (Lipinski definition) is 1. The predicted molar refractivity (Wildman–Crippen MR) is 77.4 cm³/mol. The fourth-order valence-electron chi connectivity index (χ4n) is 2.65. The second-order valence-corrected chi connectivity index (χ2v) is 4.74. The molecule has 0 aliphatic rings. The minimum Gasteiger partial charge on any atom is -0.329 e. The predicted octanol–water partition coefficient (Wildman–Crippen LogP) is 2.17. The molecule has 0 bridgehead atoms. The first-order chi connectivity index (χ1) is 8.13. The molecule has 0 aliphatic heterocycles. The van der Waals surface area contributed by atoms with Gasteiger partial charge in [-0.1, -0.05) is 34.6 Å². The third kappa shape index (κ3) is 4.57. The molecule has 0 heterocycles. The zero-order chi connectivity index (χ0) is 13.3. The molecule has 0 spiro atoms. The summed E-state index contributed by atoms with van der Waals surface area (Å²) in [5, 5.41) is 0. The Morgan fingerprint density at radius 2 is 1.35 bits per heavy atom. The lowest BCUT2D eigenvalue weighted by molar-refractivity contribution is 0.0784. The van der Waals surface area contributed by atoms with Crippen molar-refractivity contribution in [3.8, 4) is 0 Å². The van der Waals surface area contributed by atoms with E-state index in [9.17, 15) is 0 Å². The highest BCUT2D eigenvalue weighted by Gasteiger charge is 2.30. The average molecular weight is 243 g/mol. The van der Waals surface area contributed by atoms with Gasteiger partial charge in [0.25, 0.3) is 0 Å². The van der Waals surface area contributed by atoms with E-state index in [2.05, 4.69) is 44.4 Å². The molecule has 0 atom stereocenters. The van der Waals surface area contributed by atoms with Gasteiger partial charge in [0.1, 0.15) is 0 Å². The molecule has 0 aromatic carbocycles. The highest BCUT2D eigenvalue weighted by molar-refractivity contribution is 4.89. The monoisotopic (exact) mass is 243 g/mol. The quantitative estimate of drug-likeness (QED) is 0.638. The van der Waals surface area contributed by atoms with Crippen LogP contribution in [0.1, 0.15) is 47.5 Å². The van der Waals surface area contributed by atoms with Crippen molar-refractivity contribution in [2.75, 3.05) is 39.3 Å². The molecule has 3 nitrogen and oxygen atoms in total. The number of hydrogen-bond acceptors (Lipinski definition) is 3. The summed E-state index contributed by atoms with van der Waals surface area (Å²) >= 11 is 0. The number of rotatable bonds is 10. The fraction of sp³-hybridized carbons (Fsp3) is 1.00. The van der Waals surface area contributed by atoms with Crippen molar-refractivity contribution in [1.29, 1.82) is 0 Å². The molecule has 0 fully saturated rings. The van der Waals surface area contributed by atoms with Crippen LogP contribution in [-0.4, -0.2) is 54.6 Å². The van der Waals surface area contributed by atoms with Crippen LogP contribution in [0.15, 0.2) is 0 Å². The minimum absolute atomic E-state index is 0.210. The number of likely N-dealkylation sites (N-methyl/N-ethyl adjacent to an activating group) is 2. The summed E-state index contributed by atoms with van der Waals surface area (Å²) in [5.74, 6) is 0. The van der Waals surface area contributed by atoms with E-state index >= 15 is 0 Å². The molecule has 3 heteroatoms. The molecule has 0 saturated heterocycles. The zero-order valence-electron chi connectivity index (χ0n) is 12.6. The molecular weight excluding hydrogens is 210 g/mol. The SMILES string of the molecule is CCN(CC)CCN(CC)C(CC)(CC)CN. The smallest absolute Gasteiger partial charge is 0.0326 e. The summed E-state index contributed by atoms with van der Waals surface area (Å²) in [6, 6.07) is 0. The first kappa shape index (κ1) is 16.9. The summed E-state index contributed by atoms with van der Waals surface area (Å²) in [5.41, 5.74) is 6.23. The van der Waals surface area contributed by atoms with Crippen molar-refractivity contribution >= 4 is 0 Å². The van der Waals surface area contributed by atoms with E-state index in [4.69, 9.17) is 5.73 Å². The summed E-state index contributed by atoms with van der Waals surface area (Å²) in [4.78, 5) is 5.06. The van der Waals surface area contributed by atoms with Gasteiger partial charge in [-0.15, -0.1) is 0 Å². The topological polar surface area (TPSA) is 32.5 Å². The fourth-order valence-corrected chi connectivity index (χ4v) is 2.65. The van der Waals surface area contributed by atoms with Crippen molar-refractivity contribution in [3.63, 3.8) is 0 Å². The van der Waals surface area contributed by atoms with Gasteiger partial charge in [-0.05, 0) is 32.5 Å². The maximum Gasteiger partial charge on any atom is 0.0326 e. The minimum atomic E-state index is 0.210. The van der Waals surface area contributed by atoms with Crippen LogP contribution in [0.25, 0.3) is 0 Å². The standard InChI is InChI=1S/C14H33N3/c1-6-14(7-2,13-15)17(10-5)12-11-16(8-3)9-4/h6-13,15H2,1-5H3. The van der Waals surface area contributed by atoms with E-state index in [-0.39, 0.29) is 5.54 Å². The zero-order valence-corrected chi connectivity index (χ0v) is 12.6. The van der Waals surface area contributed by atoms with Crippen LogP contribution in [0.5, 0.6) is 0 Å². The van der Waals surface area contributed by atoms with E-state index in [0.29, 0.717) is 0 Å². The Hall–Kier alpha value is -0.120.